The lowest BCUT2D eigenvalue weighted by molar-refractivity contribution is -0.113. The van der Waals surface area contributed by atoms with Crippen LogP contribution < -0.4 is 4.74 Å². The van der Waals surface area contributed by atoms with Gasteiger partial charge in [0.25, 0.3) is 5.91 Å². The predicted octanol–water partition coefficient (Wildman–Crippen LogP) is 7.44. The molecule has 1 atom stereocenters. The molecule has 42 heavy (non-hydrogen) atoms. The van der Waals surface area contributed by atoms with Gasteiger partial charge in [0.05, 0.1) is 18.9 Å². The lowest BCUT2D eigenvalue weighted by Gasteiger charge is -2.25. The van der Waals surface area contributed by atoms with Crippen molar-refractivity contribution in [2.24, 2.45) is 5.10 Å². The van der Waals surface area contributed by atoms with E-state index in [1.807, 2.05) is 24.3 Å². The summed E-state index contributed by atoms with van der Waals surface area (Å²) >= 11 is 0. The number of hydrogen-bond donors (Lipinski definition) is 0. The molecule has 1 aliphatic heterocycles. The van der Waals surface area contributed by atoms with Gasteiger partial charge in [-0.05, 0) is 79.1 Å². The molecule has 1 unspecified atom stereocenters. The Hall–Kier alpha value is -4.46. The number of para-hydroxylation sites is 1. The Kier molecular flexibility index (Phi) is 8.43. The molecule has 0 saturated carbocycles. The van der Waals surface area contributed by atoms with Gasteiger partial charge in [-0.2, -0.15) is 5.10 Å². The van der Waals surface area contributed by atoms with Crippen molar-refractivity contribution in [3.8, 4) is 5.75 Å². The number of halogens is 3. The predicted molar refractivity (Wildman–Crippen MR) is 155 cm³/mol. The van der Waals surface area contributed by atoms with Gasteiger partial charge in [0.15, 0.2) is 5.78 Å². The SMILES string of the molecule is CCc1cc(F)c(C(=O)N2N=C(c3ccc(F)cc3)CC2c2cccc(CCC3=CCC=C3C(C)=O)c2OC)c(F)c1. The van der Waals surface area contributed by atoms with Gasteiger partial charge in [-0.1, -0.05) is 49.4 Å². The molecule has 0 spiro atoms. The molecule has 3 aromatic carbocycles. The third kappa shape index (κ3) is 5.66. The number of nitrogens with zero attached hydrogens (tertiary/aromatic N) is 2. The molecule has 0 bridgehead atoms. The number of aryl methyl sites for hydroxylation is 2. The Morgan fingerprint density at radius 1 is 1.00 bits per heavy atom. The first-order valence-corrected chi connectivity index (χ1v) is 13.9. The second-order valence-electron chi connectivity index (χ2n) is 10.4. The van der Waals surface area contributed by atoms with Gasteiger partial charge in [0, 0.05) is 17.6 Å². The monoisotopic (exact) mass is 572 g/mol. The second kappa shape index (κ2) is 12.2. The van der Waals surface area contributed by atoms with Crippen molar-refractivity contribution >= 4 is 17.4 Å². The number of hydrogen-bond acceptors (Lipinski definition) is 4. The van der Waals surface area contributed by atoms with Gasteiger partial charge in [-0.3, -0.25) is 9.59 Å². The number of benzene rings is 3. The van der Waals surface area contributed by atoms with Crippen molar-refractivity contribution < 1.29 is 27.5 Å². The van der Waals surface area contributed by atoms with Crippen LogP contribution in [0.1, 0.15) is 71.8 Å². The molecule has 0 radical (unpaired) electrons. The average molecular weight is 573 g/mol. The third-order valence-corrected chi connectivity index (χ3v) is 7.79. The highest BCUT2D eigenvalue weighted by Gasteiger charge is 2.38. The van der Waals surface area contributed by atoms with Crippen molar-refractivity contribution in [3.63, 3.8) is 0 Å². The molecule has 216 valence electrons. The van der Waals surface area contributed by atoms with E-state index in [0.717, 1.165) is 40.3 Å². The summed E-state index contributed by atoms with van der Waals surface area (Å²) in [6.45, 7) is 3.32. The van der Waals surface area contributed by atoms with Gasteiger partial charge < -0.3 is 4.74 Å². The van der Waals surface area contributed by atoms with Gasteiger partial charge in [-0.25, -0.2) is 18.2 Å². The number of Topliss-reactive ketones (excluding diaryl/α,β-unsaturated/α-hetero) is 1. The zero-order valence-corrected chi connectivity index (χ0v) is 23.7. The highest BCUT2D eigenvalue weighted by atomic mass is 19.1. The summed E-state index contributed by atoms with van der Waals surface area (Å²) in [5.74, 6) is -2.70. The number of ether oxygens (including phenoxy) is 1. The van der Waals surface area contributed by atoms with Crippen LogP contribution in [-0.4, -0.2) is 29.5 Å². The molecule has 8 heteroatoms. The quantitative estimate of drug-likeness (QED) is 0.268. The fourth-order valence-corrected chi connectivity index (χ4v) is 5.65. The molecular weight excluding hydrogens is 541 g/mol. The minimum atomic E-state index is -0.957. The van der Waals surface area contributed by atoms with Crippen LogP contribution in [0.4, 0.5) is 13.2 Å². The molecule has 1 amide bonds. The maximum absolute atomic E-state index is 15.1. The molecule has 0 aromatic heterocycles. The summed E-state index contributed by atoms with van der Waals surface area (Å²) in [7, 11) is 1.53. The second-order valence-corrected chi connectivity index (χ2v) is 10.4. The summed E-state index contributed by atoms with van der Waals surface area (Å²) in [6, 6.07) is 12.8. The Bertz CT molecular complexity index is 1620. The van der Waals surface area contributed by atoms with Crippen molar-refractivity contribution in [2.75, 3.05) is 7.11 Å². The molecule has 0 N–H and O–H groups in total. The first kappa shape index (κ1) is 29.0. The molecule has 1 heterocycles. The summed E-state index contributed by atoms with van der Waals surface area (Å²) in [4.78, 5) is 25.8. The zero-order chi connectivity index (χ0) is 30.0. The normalized spacial score (nSPS) is 16.3. The number of allylic oxidation sites excluding steroid dienone is 4. The van der Waals surface area contributed by atoms with Crippen molar-refractivity contribution in [3.05, 3.63) is 123 Å². The average Bonchev–Trinajstić information content (AvgIpc) is 3.63. The van der Waals surface area contributed by atoms with Crippen molar-refractivity contribution in [1.29, 1.82) is 0 Å². The van der Waals surface area contributed by atoms with E-state index in [1.165, 1.54) is 19.2 Å². The number of amides is 1. The van der Waals surface area contributed by atoms with Crippen molar-refractivity contribution in [1.82, 2.24) is 5.01 Å². The maximum Gasteiger partial charge on any atom is 0.280 e. The minimum absolute atomic E-state index is 0.0245. The Balaban J connectivity index is 1.53. The van der Waals surface area contributed by atoms with E-state index in [1.54, 1.807) is 32.0 Å². The standard InChI is InChI=1S/C34H31F3N2O3/c1-4-21-17-28(36)32(29(37)18-21)34(41)39-31(19-30(38-39)23-13-15-25(35)16-14-23)27-10-6-8-24(33(27)42-3)12-11-22-7-5-9-26(22)20(2)40/h6-10,13-18,31H,4-5,11-12,19H2,1-3H3. The van der Waals surface area contributed by atoms with Crippen LogP contribution in [-0.2, 0) is 17.6 Å². The van der Waals surface area contributed by atoms with Gasteiger partial charge in [-0.15, -0.1) is 0 Å². The minimum Gasteiger partial charge on any atom is -0.496 e. The lowest BCUT2D eigenvalue weighted by atomic mass is 9.93. The highest BCUT2D eigenvalue weighted by Crippen LogP contribution is 2.41. The number of rotatable bonds is 9. The molecule has 5 rings (SSSR count). The van der Waals surface area contributed by atoms with E-state index in [-0.39, 0.29) is 12.2 Å². The Morgan fingerprint density at radius 2 is 1.71 bits per heavy atom. The molecule has 0 saturated heterocycles. The van der Waals surface area contributed by atoms with Gasteiger partial charge >= 0.3 is 0 Å². The number of ketones is 1. The first-order valence-electron chi connectivity index (χ1n) is 13.9. The van der Waals surface area contributed by atoms with Crippen LogP contribution in [0.5, 0.6) is 5.75 Å². The van der Waals surface area contributed by atoms with E-state index >= 15 is 8.78 Å². The van der Waals surface area contributed by atoms with E-state index in [0.29, 0.717) is 47.4 Å². The third-order valence-electron chi connectivity index (χ3n) is 7.79. The van der Waals surface area contributed by atoms with Gasteiger partial charge in [0.1, 0.15) is 28.8 Å². The van der Waals surface area contributed by atoms with Crippen molar-refractivity contribution in [2.45, 2.75) is 52.0 Å². The van der Waals surface area contributed by atoms with Gasteiger partial charge in [0.2, 0.25) is 0 Å². The Labute approximate surface area is 243 Å². The van der Waals surface area contributed by atoms with Crippen LogP contribution in [0.2, 0.25) is 0 Å². The van der Waals surface area contributed by atoms with E-state index in [4.69, 9.17) is 4.74 Å². The van der Waals surface area contributed by atoms with E-state index < -0.39 is 35.0 Å². The van der Waals surface area contributed by atoms with Crippen LogP contribution >= 0.6 is 0 Å². The molecule has 0 fully saturated rings. The highest BCUT2D eigenvalue weighted by molar-refractivity contribution is 6.05. The molecule has 1 aliphatic carbocycles. The first-order chi connectivity index (χ1) is 20.2. The topological polar surface area (TPSA) is 59.0 Å². The van der Waals surface area contributed by atoms with E-state index in [2.05, 4.69) is 5.10 Å². The smallest absolute Gasteiger partial charge is 0.280 e. The number of methoxy groups -OCH3 is 1. The fourth-order valence-electron chi connectivity index (χ4n) is 5.65. The number of hydrazone groups is 1. The summed E-state index contributed by atoms with van der Waals surface area (Å²) in [5.41, 5.74) is 4.00. The zero-order valence-electron chi connectivity index (χ0n) is 23.7. The van der Waals surface area contributed by atoms with Crippen LogP contribution in [0.15, 0.2) is 83.0 Å². The molecule has 2 aliphatic rings. The number of carbonyl (C=O) groups is 2. The van der Waals surface area contributed by atoms with Crippen LogP contribution in [0.3, 0.4) is 0 Å². The molecular formula is C34H31F3N2O3. The summed E-state index contributed by atoms with van der Waals surface area (Å²) < 4.78 is 49.7. The number of carbonyl (C=O) groups excluding carboxylic acids is 2. The van der Waals surface area contributed by atoms with E-state index in [9.17, 15) is 14.0 Å². The maximum atomic E-state index is 15.1. The molecule has 3 aromatic rings. The summed E-state index contributed by atoms with van der Waals surface area (Å²) in [6.07, 6.45) is 6.50. The summed E-state index contributed by atoms with van der Waals surface area (Å²) in [5, 5.41) is 5.63. The van der Waals surface area contributed by atoms with Crippen LogP contribution in [0.25, 0.3) is 0 Å². The lowest BCUT2D eigenvalue weighted by Crippen LogP contribution is -2.29. The Morgan fingerprint density at radius 3 is 2.36 bits per heavy atom. The fraction of sp³-hybridized carbons (Fsp3) is 0.265. The van der Waals surface area contributed by atoms with Crippen LogP contribution in [0, 0.1) is 17.5 Å². The largest absolute Gasteiger partial charge is 0.496 e. The molecule has 5 nitrogen and oxygen atoms in total.